The van der Waals surface area contributed by atoms with Crippen LogP contribution in [0.3, 0.4) is 0 Å². The molecule has 0 aliphatic carbocycles. The van der Waals surface area contributed by atoms with Crippen LogP contribution in [-0.4, -0.2) is 32.9 Å². The molecule has 0 radical (unpaired) electrons. The number of rotatable bonds is 4. The number of benzene rings is 1. The highest BCUT2D eigenvalue weighted by atomic mass is 19.2. The maximum atomic E-state index is 13.5. The molecule has 2 atom stereocenters. The van der Waals surface area contributed by atoms with Gasteiger partial charge in [0.15, 0.2) is 17.4 Å². The molecule has 0 bridgehead atoms. The summed E-state index contributed by atoms with van der Waals surface area (Å²) in [5.74, 6) is -0.708. The van der Waals surface area contributed by atoms with Crippen molar-refractivity contribution in [2.45, 2.75) is 25.1 Å². The molecule has 0 saturated carbocycles. The molecule has 1 aromatic carbocycles. The zero-order valence-corrected chi connectivity index (χ0v) is 13.1. The highest BCUT2D eigenvalue weighted by molar-refractivity contribution is 5.42. The third-order valence-electron chi connectivity index (χ3n) is 4.25. The lowest BCUT2D eigenvalue weighted by Gasteiger charge is -2.22. The third-order valence-corrected chi connectivity index (χ3v) is 4.25. The molecular weight excluding hydrogens is 332 g/mol. The number of hydrogen-bond acceptors (Lipinski definition) is 6. The second kappa shape index (κ2) is 6.38. The van der Waals surface area contributed by atoms with Crippen LogP contribution < -0.4 is 0 Å². The maximum Gasteiger partial charge on any atom is 0.283 e. The van der Waals surface area contributed by atoms with E-state index in [1.165, 1.54) is 12.3 Å². The monoisotopic (exact) mass is 347 g/mol. The summed E-state index contributed by atoms with van der Waals surface area (Å²) in [6.07, 6.45) is 1.37. The molecule has 0 spiro atoms. The lowest BCUT2D eigenvalue weighted by atomic mass is 10.0. The Morgan fingerprint density at radius 1 is 1.20 bits per heavy atom. The van der Waals surface area contributed by atoms with Crippen LogP contribution in [0.2, 0.25) is 0 Å². The van der Waals surface area contributed by atoms with Gasteiger partial charge in [0.25, 0.3) is 5.89 Å². The Balaban J connectivity index is 1.55. The highest BCUT2D eigenvalue weighted by Gasteiger charge is 2.33. The molecule has 25 heavy (non-hydrogen) atoms. The summed E-state index contributed by atoms with van der Waals surface area (Å²) in [7, 11) is 0. The van der Waals surface area contributed by atoms with Gasteiger partial charge in [-0.1, -0.05) is 6.07 Å². The third kappa shape index (κ3) is 3.18. The number of furan rings is 1. The fraction of sp³-hybridized carbons (Fsp3) is 0.294. The molecule has 1 fully saturated rings. The van der Waals surface area contributed by atoms with Gasteiger partial charge in [-0.25, -0.2) is 8.78 Å². The minimum absolute atomic E-state index is 0.260. The Kier molecular flexibility index (Phi) is 4.06. The Hall–Kier alpha value is -2.58. The second-order valence-electron chi connectivity index (χ2n) is 5.99. The van der Waals surface area contributed by atoms with Crippen molar-refractivity contribution in [2.24, 2.45) is 0 Å². The van der Waals surface area contributed by atoms with Gasteiger partial charge in [-0.3, -0.25) is 4.90 Å². The fourth-order valence-corrected chi connectivity index (χ4v) is 3.11. The normalized spacial score (nSPS) is 21.1. The van der Waals surface area contributed by atoms with Crippen LogP contribution in [0, 0.1) is 11.6 Å². The zero-order valence-electron chi connectivity index (χ0n) is 13.1. The van der Waals surface area contributed by atoms with Crippen LogP contribution in [0.15, 0.2) is 45.4 Å². The molecule has 130 valence electrons. The molecule has 0 amide bonds. The smallest absolute Gasteiger partial charge is 0.283 e. The highest BCUT2D eigenvalue weighted by Crippen LogP contribution is 2.34. The quantitative estimate of drug-likeness (QED) is 0.782. The van der Waals surface area contributed by atoms with Crippen LogP contribution in [0.1, 0.15) is 23.9 Å². The molecule has 1 aliphatic heterocycles. The van der Waals surface area contributed by atoms with Crippen LogP contribution >= 0.6 is 0 Å². The molecule has 2 aromatic heterocycles. The number of β-amino-alcohol motifs (C(OH)–C–C–N with tert-alkyl or cyclic N) is 1. The van der Waals surface area contributed by atoms with Gasteiger partial charge < -0.3 is 13.9 Å². The number of nitrogens with zero attached hydrogens (tertiary/aromatic N) is 3. The summed E-state index contributed by atoms with van der Waals surface area (Å²) in [5.41, 5.74) is 0.598. The molecule has 6 nitrogen and oxygen atoms in total. The molecule has 1 aliphatic rings. The summed E-state index contributed by atoms with van der Waals surface area (Å²) >= 11 is 0. The molecule has 8 heteroatoms. The van der Waals surface area contributed by atoms with Gasteiger partial charge in [-0.05, 0) is 36.2 Å². The first-order valence-electron chi connectivity index (χ1n) is 7.83. The van der Waals surface area contributed by atoms with E-state index in [9.17, 15) is 13.9 Å². The van der Waals surface area contributed by atoms with E-state index in [2.05, 4.69) is 10.2 Å². The summed E-state index contributed by atoms with van der Waals surface area (Å²) in [4.78, 5) is 1.90. The standard InChI is InChI=1S/C17H15F2N3O3/c18-12-4-3-10(6-13(12)19)14-7-11(23)8-22(14)9-16-20-21-17(25-16)15-2-1-5-24-15/h1-6,11,14,23H,7-9H2/t11-,14-/m0/s1. The van der Waals surface area contributed by atoms with Crippen molar-refractivity contribution >= 4 is 0 Å². The van der Waals surface area contributed by atoms with Crippen LogP contribution in [0.5, 0.6) is 0 Å². The van der Waals surface area contributed by atoms with Gasteiger partial charge in [0.1, 0.15) is 0 Å². The average Bonchev–Trinajstić information content (AvgIpc) is 3.31. The first-order valence-corrected chi connectivity index (χ1v) is 7.83. The number of hydrogen-bond donors (Lipinski definition) is 1. The average molecular weight is 347 g/mol. The van der Waals surface area contributed by atoms with Gasteiger partial charge in [0.05, 0.1) is 18.9 Å². The van der Waals surface area contributed by atoms with E-state index in [1.54, 1.807) is 12.1 Å². The molecular formula is C17H15F2N3O3. The molecule has 0 unspecified atom stereocenters. The Labute approximate surface area is 141 Å². The van der Waals surface area contributed by atoms with E-state index >= 15 is 0 Å². The van der Waals surface area contributed by atoms with Crippen molar-refractivity contribution in [1.29, 1.82) is 0 Å². The maximum absolute atomic E-state index is 13.5. The minimum atomic E-state index is -0.906. The van der Waals surface area contributed by atoms with Gasteiger partial charge >= 0.3 is 0 Å². The van der Waals surface area contributed by atoms with E-state index < -0.39 is 17.7 Å². The number of aromatic nitrogens is 2. The van der Waals surface area contributed by atoms with Crippen LogP contribution in [0.4, 0.5) is 8.78 Å². The Morgan fingerprint density at radius 3 is 2.84 bits per heavy atom. The van der Waals surface area contributed by atoms with Crippen molar-refractivity contribution in [3.05, 3.63) is 59.7 Å². The topological polar surface area (TPSA) is 75.5 Å². The van der Waals surface area contributed by atoms with E-state index in [1.807, 2.05) is 4.90 Å². The summed E-state index contributed by atoms with van der Waals surface area (Å²) < 4.78 is 37.5. The molecule has 3 aromatic rings. The van der Waals surface area contributed by atoms with E-state index in [4.69, 9.17) is 8.83 Å². The molecule has 1 N–H and O–H groups in total. The number of halogens is 2. The summed E-state index contributed by atoms with van der Waals surface area (Å²) in [6, 6.07) is 6.94. The largest absolute Gasteiger partial charge is 0.459 e. The van der Waals surface area contributed by atoms with Gasteiger partial charge in [-0.15, -0.1) is 10.2 Å². The van der Waals surface area contributed by atoms with E-state index in [-0.39, 0.29) is 18.5 Å². The lowest BCUT2D eigenvalue weighted by molar-refractivity contribution is 0.167. The van der Waals surface area contributed by atoms with Crippen LogP contribution in [-0.2, 0) is 6.54 Å². The lowest BCUT2D eigenvalue weighted by Crippen LogP contribution is -2.24. The van der Waals surface area contributed by atoms with E-state index in [0.717, 1.165) is 12.1 Å². The first-order chi connectivity index (χ1) is 12.1. The predicted octanol–water partition coefficient (Wildman–Crippen LogP) is 2.92. The molecule has 4 rings (SSSR count). The van der Waals surface area contributed by atoms with Gasteiger partial charge in [-0.2, -0.15) is 0 Å². The Bertz CT molecular complexity index is 866. The van der Waals surface area contributed by atoms with Gasteiger partial charge in [0.2, 0.25) is 5.89 Å². The van der Waals surface area contributed by atoms with Crippen LogP contribution in [0.25, 0.3) is 11.7 Å². The second-order valence-corrected chi connectivity index (χ2v) is 5.99. The molecule has 1 saturated heterocycles. The SMILES string of the molecule is O[C@H]1C[C@@H](c2ccc(F)c(F)c2)N(Cc2nnc(-c3ccco3)o2)C1. The van der Waals surface area contributed by atoms with E-state index in [0.29, 0.717) is 30.2 Å². The number of aliphatic hydroxyl groups excluding tert-OH is 1. The number of likely N-dealkylation sites (tertiary alicyclic amines) is 1. The molecule has 3 heterocycles. The van der Waals surface area contributed by atoms with Crippen molar-refractivity contribution in [2.75, 3.05) is 6.54 Å². The van der Waals surface area contributed by atoms with Gasteiger partial charge in [0, 0.05) is 12.6 Å². The summed E-state index contributed by atoms with van der Waals surface area (Å²) in [6.45, 7) is 0.663. The number of aliphatic hydroxyl groups is 1. The van der Waals surface area contributed by atoms with Crippen molar-refractivity contribution in [1.82, 2.24) is 15.1 Å². The minimum Gasteiger partial charge on any atom is -0.459 e. The fourth-order valence-electron chi connectivity index (χ4n) is 3.11. The zero-order chi connectivity index (χ0) is 17.4. The van der Waals surface area contributed by atoms with Crippen molar-refractivity contribution < 1.29 is 22.7 Å². The van der Waals surface area contributed by atoms with Crippen molar-refractivity contribution in [3.63, 3.8) is 0 Å². The Morgan fingerprint density at radius 2 is 2.08 bits per heavy atom. The van der Waals surface area contributed by atoms with Crippen molar-refractivity contribution in [3.8, 4) is 11.7 Å². The predicted molar refractivity (Wildman–Crippen MR) is 82.1 cm³/mol. The summed E-state index contributed by atoms with van der Waals surface area (Å²) in [5, 5.41) is 17.9. The first kappa shape index (κ1) is 15.9.